The average Bonchev–Trinajstić information content (AvgIpc) is 3.49. The van der Waals surface area contributed by atoms with Crippen LogP contribution < -0.4 is 9.84 Å². The highest BCUT2D eigenvalue weighted by Gasteiger charge is 2.13. The minimum absolute atomic E-state index is 0.254. The second kappa shape index (κ2) is 9.83. The molecule has 1 aliphatic heterocycles. The fraction of sp³-hybridized carbons (Fsp3) is 0.192. The van der Waals surface area contributed by atoms with Gasteiger partial charge in [-0.2, -0.15) is 0 Å². The quantitative estimate of drug-likeness (QED) is 0.278. The number of hydrogen-bond donors (Lipinski definition) is 1. The lowest BCUT2D eigenvalue weighted by Crippen LogP contribution is -2.18. The summed E-state index contributed by atoms with van der Waals surface area (Å²) >= 11 is 1.77. The fourth-order valence-corrected chi connectivity index (χ4v) is 5.49. The van der Waals surface area contributed by atoms with Crippen LogP contribution in [0.5, 0.6) is 5.75 Å². The molecule has 1 atom stereocenters. The number of pyridine rings is 1. The normalized spacial score (nSPS) is 14.4. The van der Waals surface area contributed by atoms with Gasteiger partial charge in [0.15, 0.2) is 0 Å². The predicted octanol–water partition coefficient (Wildman–Crippen LogP) is 7.42. The Labute approximate surface area is 194 Å². The minimum Gasteiger partial charge on any atom is -0.473 e. The van der Waals surface area contributed by atoms with Gasteiger partial charge in [0.1, 0.15) is 5.75 Å². The Morgan fingerprint density at radius 2 is 1.94 bits per heavy atom. The Morgan fingerprint density at radius 3 is 2.75 bits per heavy atom. The van der Waals surface area contributed by atoms with Crippen LogP contribution in [-0.2, 0) is 6.54 Å². The molecule has 0 aliphatic carbocycles. The first kappa shape index (κ1) is 21.1. The third-order valence-electron chi connectivity index (χ3n) is 5.63. The summed E-state index contributed by atoms with van der Waals surface area (Å²) in [4.78, 5) is 8.37. The maximum atomic E-state index is 5.69. The van der Waals surface area contributed by atoms with Gasteiger partial charge in [-0.15, -0.1) is 11.3 Å². The number of hydrogen-bond acceptors (Lipinski definition) is 5. The van der Waals surface area contributed by atoms with Crippen LogP contribution in [0.4, 0.5) is 11.4 Å². The number of benzene rings is 2. The number of likely N-dealkylation sites (tertiary alicyclic amines) is 1. The van der Waals surface area contributed by atoms with E-state index >= 15 is 0 Å². The molecule has 0 spiro atoms. The third kappa shape index (κ3) is 4.86. The van der Waals surface area contributed by atoms with E-state index in [0.29, 0.717) is 0 Å². The van der Waals surface area contributed by atoms with Crippen molar-refractivity contribution in [2.75, 3.05) is 18.4 Å². The smallest absolute Gasteiger partial charge is 0.125 e. The lowest BCUT2D eigenvalue weighted by molar-refractivity contribution is 0.331. The zero-order valence-corrected chi connectivity index (χ0v) is 19.7. The average molecular weight is 460 g/mol. The summed E-state index contributed by atoms with van der Waals surface area (Å²) in [6.45, 7) is 7.22. The molecule has 3 heterocycles. The van der Waals surface area contributed by atoms with Crippen LogP contribution in [0.3, 0.4) is 0 Å². The Hall–Kier alpha value is -2.72. The second-order valence-corrected chi connectivity index (χ2v) is 9.84. The molecule has 5 rings (SSSR count). The Morgan fingerprint density at radius 1 is 1.09 bits per heavy atom. The van der Waals surface area contributed by atoms with Gasteiger partial charge in [0.25, 0.3) is 0 Å². The second-order valence-electron chi connectivity index (χ2n) is 7.94. The van der Waals surface area contributed by atoms with Gasteiger partial charge in [0.05, 0.1) is 24.7 Å². The van der Waals surface area contributed by atoms with Crippen molar-refractivity contribution in [3.05, 3.63) is 84.8 Å². The zero-order valence-electron chi connectivity index (χ0n) is 17.9. The van der Waals surface area contributed by atoms with Crippen molar-refractivity contribution >= 4 is 41.7 Å². The van der Waals surface area contributed by atoms with E-state index in [4.69, 9.17) is 4.52 Å². The van der Waals surface area contributed by atoms with E-state index in [1.165, 1.54) is 41.9 Å². The van der Waals surface area contributed by atoms with Crippen molar-refractivity contribution in [2.24, 2.45) is 0 Å². The Kier molecular flexibility index (Phi) is 6.49. The van der Waals surface area contributed by atoms with Crippen molar-refractivity contribution in [1.29, 1.82) is 0 Å². The van der Waals surface area contributed by atoms with E-state index in [2.05, 4.69) is 52.1 Å². The number of thiophene rings is 1. The summed E-state index contributed by atoms with van der Waals surface area (Å²) in [6, 6.07) is 21.2. The SMILES string of the molecule is C=CPOc1cccc(Nc2ccnc3cc(-c4ccc(CN5CCCC5)cc4)sc23)c1. The summed E-state index contributed by atoms with van der Waals surface area (Å²) in [6.07, 6.45) is 4.52. The van der Waals surface area contributed by atoms with Crippen molar-refractivity contribution < 1.29 is 4.52 Å². The molecule has 6 heteroatoms. The Bertz CT molecular complexity index is 1220. The van der Waals surface area contributed by atoms with Crippen molar-refractivity contribution in [2.45, 2.75) is 19.4 Å². The molecular formula is C26H26N3OPS. The largest absolute Gasteiger partial charge is 0.473 e. The summed E-state index contributed by atoms with van der Waals surface area (Å²) in [5, 5.41) is 3.54. The molecular weight excluding hydrogens is 433 g/mol. The number of nitrogens with zero attached hydrogens (tertiary/aromatic N) is 2. The van der Waals surface area contributed by atoms with E-state index < -0.39 is 0 Å². The van der Waals surface area contributed by atoms with Crippen LogP contribution in [0.25, 0.3) is 20.7 Å². The fourth-order valence-electron chi connectivity index (χ4n) is 4.05. The zero-order chi connectivity index (χ0) is 21.8. The molecule has 1 N–H and O–H groups in total. The van der Waals surface area contributed by atoms with Crippen molar-refractivity contribution in [1.82, 2.24) is 9.88 Å². The van der Waals surface area contributed by atoms with Gasteiger partial charge in [0, 0.05) is 29.4 Å². The summed E-state index contributed by atoms with van der Waals surface area (Å²) in [7, 11) is 0.254. The third-order valence-corrected chi connectivity index (χ3v) is 7.36. The van der Waals surface area contributed by atoms with E-state index in [0.717, 1.165) is 33.9 Å². The van der Waals surface area contributed by atoms with Crippen LogP contribution in [0.2, 0.25) is 0 Å². The molecule has 162 valence electrons. The highest BCUT2D eigenvalue weighted by molar-refractivity contribution is 7.36. The molecule has 32 heavy (non-hydrogen) atoms. The van der Waals surface area contributed by atoms with Crippen molar-refractivity contribution in [3.63, 3.8) is 0 Å². The van der Waals surface area contributed by atoms with Gasteiger partial charge in [-0.25, -0.2) is 0 Å². The van der Waals surface area contributed by atoms with Gasteiger partial charge < -0.3 is 9.84 Å². The van der Waals surface area contributed by atoms with E-state index in [-0.39, 0.29) is 8.81 Å². The molecule has 0 bridgehead atoms. The highest BCUT2D eigenvalue weighted by atomic mass is 32.1. The lowest BCUT2D eigenvalue weighted by Gasteiger charge is -2.14. The number of aromatic nitrogens is 1. The molecule has 0 saturated carbocycles. The van der Waals surface area contributed by atoms with Crippen LogP contribution in [-0.4, -0.2) is 23.0 Å². The number of fused-ring (bicyclic) bond motifs is 1. The van der Waals surface area contributed by atoms with Gasteiger partial charge in [0.2, 0.25) is 0 Å². The van der Waals surface area contributed by atoms with Crippen LogP contribution >= 0.6 is 20.1 Å². The summed E-state index contributed by atoms with van der Waals surface area (Å²) in [5.74, 6) is 2.61. The lowest BCUT2D eigenvalue weighted by atomic mass is 10.1. The maximum Gasteiger partial charge on any atom is 0.125 e. The molecule has 0 radical (unpaired) electrons. The molecule has 0 amide bonds. The molecule has 4 nitrogen and oxygen atoms in total. The van der Waals surface area contributed by atoms with Crippen molar-refractivity contribution in [3.8, 4) is 16.2 Å². The van der Waals surface area contributed by atoms with E-state index in [9.17, 15) is 0 Å². The van der Waals surface area contributed by atoms with Gasteiger partial charge in [-0.1, -0.05) is 36.9 Å². The molecule has 1 saturated heterocycles. The first-order chi connectivity index (χ1) is 15.8. The predicted molar refractivity (Wildman–Crippen MR) is 138 cm³/mol. The van der Waals surface area contributed by atoms with Gasteiger partial charge >= 0.3 is 0 Å². The first-order valence-corrected chi connectivity index (χ1v) is 12.7. The number of anilines is 2. The minimum atomic E-state index is 0.254. The number of nitrogens with one attached hydrogen (secondary N) is 1. The number of rotatable bonds is 8. The van der Waals surface area contributed by atoms with Gasteiger partial charge in [-0.3, -0.25) is 9.88 Å². The molecule has 1 aliphatic rings. The van der Waals surface area contributed by atoms with E-state index in [1.807, 2.05) is 36.5 Å². The van der Waals surface area contributed by atoms with Crippen LogP contribution in [0.1, 0.15) is 18.4 Å². The summed E-state index contributed by atoms with van der Waals surface area (Å²) in [5.41, 5.74) is 5.68. The topological polar surface area (TPSA) is 37.4 Å². The van der Waals surface area contributed by atoms with Crippen LogP contribution in [0, 0.1) is 0 Å². The Balaban J connectivity index is 1.37. The van der Waals surface area contributed by atoms with Crippen LogP contribution in [0.15, 0.2) is 79.3 Å². The maximum absolute atomic E-state index is 5.69. The molecule has 4 aromatic rings. The van der Waals surface area contributed by atoms with Gasteiger partial charge in [-0.05, 0) is 67.1 Å². The highest BCUT2D eigenvalue weighted by Crippen LogP contribution is 2.38. The molecule has 1 unspecified atom stereocenters. The molecule has 1 fully saturated rings. The first-order valence-electron chi connectivity index (χ1n) is 10.9. The molecule has 2 aromatic heterocycles. The molecule has 2 aromatic carbocycles. The monoisotopic (exact) mass is 459 g/mol. The van der Waals surface area contributed by atoms with E-state index in [1.54, 1.807) is 17.2 Å². The standard InChI is InChI=1S/C26H26N3OPS/c1-2-31-30-22-7-5-6-21(16-22)28-23-12-13-27-24-17-25(32-26(23)24)20-10-8-19(9-11-20)18-29-14-3-4-15-29/h2,5-13,16-17,31H,1,3-4,14-15,18H2,(H,27,28). The summed E-state index contributed by atoms with van der Waals surface area (Å²) < 4.78 is 6.85.